The van der Waals surface area contributed by atoms with Gasteiger partial charge in [0.2, 0.25) is 0 Å². The second kappa shape index (κ2) is 4.62. The molecular weight excluding hydrogens is 316 g/mol. The Kier molecular flexibility index (Phi) is 3.24. The number of carboxylic acids is 1. The van der Waals surface area contributed by atoms with Gasteiger partial charge in [-0.25, -0.2) is 0 Å². The number of carboxylic acid groups (broad SMARTS) is 1. The maximum Gasteiger partial charge on any atom is 0.312 e. The fraction of sp³-hybridized carbons (Fsp3) is 0.615. The summed E-state index contributed by atoms with van der Waals surface area (Å²) in [6.07, 6.45) is 3.39. The van der Waals surface area contributed by atoms with E-state index >= 15 is 0 Å². The number of halogens is 1. The molecule has 0 bridgehead atoms. The van der Waals surface area contributed by atoms with Gasteiger partial charge in [0.25, 0.3) is 0 Å². The molecular formula is C13H15BrO3S. The third kappa shape index (κ3) is 2.12. The Labute approximate surface area is 118 Å². The molecule has 1 aromatic heterocycles. The van der Waals surface area contributed by atoms with E-state index in [0.717, 1.165) is 21.5 Å². The number of ether oxygens (including phenoxy) is 1. The van der Waals surface area contributed by atoms with Crippen LogP contribution in [0.5, 0.6) is 0 Å². The molecule has 0 spiro atoms. The van der Waals surface area contributed by atoms with Crippen molar-refractivity contribution in [3.63, 3.8) is 0 Å². The monoisotopic (exact) mass is 330 g/mol. The van der Waals surface area contributed by atoms with Crippen LogP contribution < -0.4 is 0 Å². The van der Waals surface area contributed by atoms with Crippen LogP contribution in [0.25, 0.3) is 0 Å². The maximum atomic E-state index is 11.8. The van der Waals surface area contributed by atoms with E-state index in [9.17, 15) is 9.90 Å². The first-order chi connectivity index (χ1) is 8.62. The van der Waals surface area contributed by atoms with Gasteiger partial charge in [-0.2, -0.15) is 0 Å². The van der Waals surface area contributed by atoms with Crippen molar-refractivity contribution in [1.29, 1.82) is 0 Å². The van der Waals surface area contributed by atoms with E-state index in [1.165, 1.54) is 0 Å². The highest BCUT2D eigenvalue weighted by Gasteiger charge is 2.55. The summed E-state index contributed by atoms with van der Waals surface area (Å²) < 4.78 is 6.80. The van der Waals surface area contributed by atoms with Crippen molar-refractivity contribution in [2.24, 2.45) is 11.3 Å². The molecule has 0 radical (unpaired) electrons. The molecule has 2 aliphatic rings. The lowest BCUT2D eigenvalue weighted by Gasteiger charge is -2.29. The van der Waals surface area contributed by atoms with E-state index in [2.05, 4.69) is 15.9 Å². The molecule has 5 heteroatoms. The molecule has 1 N–H and O–H groups in total. The summed E-state index contributed by atoms with van der Waals surface area (Å²) in [5, 5.41) is 9.69. The highest BCUT2D eigenvalue weighted by atomic mass is 79.9. The van der Waals surface area contributed by atoms with E-state index in [1.54, 1.807) is 11.3 Å². The lowest BCUT2D eigenvalue weighted by molar-refractivity contribution is -0.153. The molecule has 1 aliphatic carbocycles. The highest BCUT2D eigenvalue weighted by Crippen LogP contribution is 2.50. The van der Waals surface area contributed by atoms with Crippen LogP contribution >= 0.6 is 27.3 Å². The van der Waals surface area contributed by atoms with Crippen LogP contribution in [0.4, 0.5) is 0 Å². The quantitative estimate of drug-likeness (QED) is 0.921. The second-order valence-electron chi connectivity index (χ2n) is 5.22. The summed E-state index contributed by atoms with van der Waals surface area (Å²) in [4.78, 5) is 12.9. The average molecular weight is 331 g/mol. The smallest absolute Gasteiger partial charge is 0.312 e. The fourth-order valence-electron chi connectivity index (χ4n) is 2.91. The molecule has 1 aromatic rings. The van der Waals surface area contributed by atoms with Crippen LogP contribution in [0.1, 0.15) is 24.1 Å². The fourth-order valence-corrected chi connectivity index (χ4v) is 4.52. The molecule has 98 valence electrons. The minimum atomic E-state index is -0.703. The lowest BCUT2D eigenvalue weighted by atomic mass is 9.75. The topological polar surface area (TPSA) is 46.5 Å². The van der Waals surface area contributed by atoms with Gasteiger partial charge in [0.05, 0.1) is 9.89 Å². The number of aliphatic carboxylic acids is 1. The SMILES string of the molecule is O=C(O)C1(Cc2ccc(Br)s2)CCOC1C1CC1. The number of rotatable bonds is 4. The van der Waals surface area contributed by atoms with Gasteiger partial charge >= 0.3 is 5.97 Å². The van der Waals surface area contributed by atoms with E-state index in [1.807, 2.05) is 12.1 Å². The Morgan fingerprint density at radius 2 is 2.33 bits per heavy atom. The summed E-state index contributed by atoms with van der Waals surface area (Å²) in [5.74, 6) is -0.228. The van der Waals surface area contributed by atoms with Crippen LogP contribution in [0.2, 0.25) is 0 Å². The van der Waals surface area contributed by atoms with E-state index in [4.69, 9.17) is 4.74 Å². The number of thiophene rings is 1. The van der Waals surface area contributed by atoms with Crippen molar-refractivity contribution in [2.45, 2.75) is 31.8 Å². The van der Waals surface area contributed by atoms with Crippen molar-refractivity contribution >= 4 is 33.2 Å². The van der Waals surface area contributed by atoms with Crippen molar-refractivity contribution in [2.75, 3.05) is 6.61 Å². The van der Waals surface area contributed by atoms with Gasteiger partial charge in [-0.1, -0.05) is 0 Å². The lowest BCUT2D eigenvalue weighted by Crippen LogP contribution is -2.42. The van der Waals surface area contributed by atoms with Crippen molar-refractivity contribution in [3.05, 3.63) is 20.8 Å². The molecule has 1 saturated heterocycles. The van der Waals surface area contributed by atoms with Crippen molar-refractivity contribution < 1.29 is 14.6 Å². The van der Waals surface area contributed by atoms with E-state index < -0.39 is 11.4 Å². The first-order valence-electron chi connectivity index (χ1n) is 6.21. The van der Waals surface area contributed by atoms with E-state index in [0.29, 0.717) is 25.4 Å². The zero-order chi connectivity index (χ0) is 12.8. The van der Waals surface area contributed by atoms with Crippen LogP contribution in [0.3, 0.4) is 0 Å². The summed E-state index contributed by atoms with van der Waals surface area (Å²) in [7, 11) is 0. The molecule has 3 nitrogen and oxygen atoms in total. The van der Waals surface area contributed by atoms with Crippen molar-refractivity contribution in [3.8, 4) is 0 Å². The Morgan fingerprint density at radius 3 is 2.89 bits per heavy atom. The molecule has 3 rings (SSSR count). The highest BCUT2D eigenvalue weighted by molar-refractivity contribution is 9.11. The standard InChI is InChI=1S/C13H15BrO3S/c14-10-4-3-9(18-10)7-13(12(15)16)5-6-17-11(13)8-1-2-8/h3-4,8,11H,1-2,5-7H2,(H,15,16). The predicted octanol–water partition coefficient (Wildman–Crippen LogP) is 3.32. The minimum absolute atomic E-state index is 0.0872. The Hall–Kier alpha value is -0.390. The van der Waals surface area contributed by atoms with Crippen LogP contribution in [-0.2, 0) is 16.0 Å². The summed E-state index contributed by atoms with van der Waals surface area (Å²) in [5.41, 5.74) is -0.703. The average Bonchev–Trinajstić information content (AvgIpc) is 2.95. The van der Waals surface area contributed by atoms with Gasteiger partial charge in [-0.15, -0.1) is 11.3 Å². The maximum absolute atomic E-state index is 11.8. The van der Waals surface area contributed by atoms with Crippen LogP contribution in [0, 0.1) is 11.3 Å². The first kappa shape index (κ1) is 12.6. The van der Waals surface area contributed by atoms with Gasteiger partial charge in [-0.05, 0) is 53.2 Å². The second-order valence-corrected chi connectivity index (χ2v) is 7.77. The zero-order valence-electron chi connectivity index (χ0n) is 9.89. The van der Waals surface area contributed by atoms with Crippen LogP contribution in [0.15, 0.2) is 15.9 Å². The minimum Gasteiger partial charge on any atom is -0.481 e. The van der Waals surface area contributed by atoms with Gasteiger partial charge < -0.3 is 9.84 Å². The Balaban J connectivity index is 1.88. The Bertz CT molecular complexity index is 469. The molecule has 0 amide bonds. The largest absolute Gasteiger partial charge is 0.481 e. The van der Waals surface area contributed by atoms with Gasteiger partial charge in [-0.3, -0.25) is 4.79 Å². The molecule has 1 aliphatic heterocycles. The third-order valence-corrected chi connectivity index (χ3v) is 5.61. The Morgan fingerprint density at radius 1 is 1.56 bits per heavy atom. The molecule has 2 atom stereocenters. The third-order valence-electron chi connectivity index (χ3n) is 3.98. The molecule has 18 heavy (non-hydrogen) atoms. The number of carbonyl (C=O) groups is 1. The van der Waals surface area contributed by atoms with Gasteiger partial charge in [0.1, 0.15) is 5.41 Å². The predicted molar refractivity (Wildman–Crippen MR) is 72.9 cm³/mol. The zero-order valence-corrected chi connectivity index (χ0v) is 12.3. The van der Waals surface area contributed by atoms with Crippen molar-refractivity contribution in [1.82, 2.24) is 0 Å². The van der Waals surface area contributed by atoms with Crippen LogP contribution in [-0.4, -0.2) is 23.8 Å². The number of hydrogen-bond donors (Lipinski definition) is 1. The summed E-state index contributed by atoms with van der Waals surface area (Å²) in [6.45, 7) is 0.583. The molecule has 1 saturated carbocycles. The molecule has 2 fully saturated rings. The number of hydrogen-bond acceptors (Lipinski definition) is 3. The van der Waals surface area contributed by atoms with Gasteiger partial charge in [0, 0.05) is 17.9 Å². The summed E-state index contributed by atoms with van der Waals surface area (Å²) >= 11 is 5.05. The molecule has 2 unspecified atom stereocenters. The normalized spacial score (nSPS) is 31.7. The van der Waals surface area contributed by atoms with Gasteiger partial charge in [0.15, 0.2) is 0 Å². The first-order valence-corrected chi connectivity index (χ1v) is 7.82. The van der Waals surface area contributed by atoms with E-state index in [-0.39, 0.29) is 6.10 Å². The molecule has 0 aromatic carbocycles. The summed E-state index contributed by atoms with van der Waals surface area (Å²) in [6, 6.07) is 4.00. The molecule has 2 heterocycles.